The van der Waals surface area contributed by atoms with Crippen LogP contribution in [0.25, 0.3) is 0 Å². The quantitative estimate of drug-likeness (QED) is 0.814. The second-order valence-electron chi connectivity index (χ2n) is 4.55. The van der Waals surface area contributed by atoms with Crippen LogP contribution in [0.15, 0.2) is 28.8 Å². The van der Waals surface area contributed by atoms with Gasteiger partial charge in [-0.05, 0) is 30.5 Å². The van der Waals surface area contributed by atoms with Crippen molar-refractivity contribution in [3.05, 3.63) is 39.9 Å². The standard InChI is InChI=1S/C14H16Cl2F3NO/c1-2-11(20)5-9-3-4-13(21-8-10(16)7-15)12(6-9)14(17,18)19/h3-4,6-7,11H,2,5,8,20H2,1H3. The van der Waals surface area contributed by atoms with E-state index in [1.165, 1.54) is 6.07 Å². The lowest BCUT2D eigenvalue weighted by Gasteiger charge is -2.16. The predicted molar refractivity (Wildman–Crippen MR) is 78.7 cm³/mol. The number of hydrogen-bond donors (Lipinski definition) is 1. The van der Waals surface area contributed by atoms with Gasteiger partial charge in [-0.15, -0.1) is 0 Å². The fourth-order valence-electron chi connectivity index (χ4n) is 1.68. The molecule has 0 fully saturated rings. The summed E-state index contributed by atoms with van der Waals surface area (Å²) in [5.74, 6) is -0.284. The van der Waals surface area contributed by atoms with Crippen LogP contribution in [-0.2, 0) is 12.6 Å². The fourth-order valence-corrected chi connectivity index (χ4v) is 1.79. The summed E-state index contributed by atoms with van der Waals surface area (Å²) in [5.41, 5.74) is 6.48. The van der Waals surface area contributed by atoms with E-state index < -0.39 is 11.7 Å². The summed E-state index contributed by atoms with van der Waals surface area (Å²) in [6.07, 6.45) is -3.45. The predicted octanol–water partition coefficient (Wildman–Crippen LogP) is 4.68. The zero-order valence-electron chi connectivity index (χ0n) is 11.4. The highest BCUT2D eigenvalue weighted by molar-refractivity contribution is 6.36. The molecular formula is C14H16Cl2F3NO. The molecule has 0 saturated carbocycles. The van der Waals surface area contributed by atoms with Crippen molar-refractivity contribution < 1.29 is 17.9 Å². The Hall–Kier alpha value is -0.910. The van der Waals surface area contributed by atoms with E-state index in [0.29, 0.717) is 18.4 Å². The van der Waals surface area contributed by atoms with Crippen molar-refractivity contribution in [1.29, 1.82) is 0 Å². The number of benzene rings is 1. The van der Waals surface area contributed by atoms with E-state index in [2.05, 4.69) is 0 Å². The maximum atomic E-state index is 13.1. The Labute approximate surface area is 131 Å². The van der Waals surface area contributed by atoms with Gasteiger partial charge in [0.15, 0.2) is 0 Å². The number of hydrogen-bond acceptors (Lipinski definition) is 2. The van der Waals surface area contributed by atoms with Crippen molar-refractivity contribution in [3.8, 4) is 5.75 Å². The van der Waals surface area contributed by atoms with Crippen LogP contribution < -0.4 is 10.5 Å². The molecule has 7 heteroatoms. The number of alkyl halides is 3. The lowest BCUT2D eigenvalue weighted by molar-refractivity contribution is -0.138. The molecule has 1 atom stereocenters. The Bertz CT molecular complexity index is 503. The maximum Gasteiger partial charge on any atom is 0.419 e. The minimum atomic E-state index is -4.52. The molecule has 1 aromatic rings. The average molecular weight is 342 g/mol. The van der Waals surface area contributed by atoms with Gasteiger partial charge in [-0.25, -0.2) is 0 Å². The third-order valence-electron chi connectivity index (χ3n) is 2.86. The van der Waals surface area contributed by atoms with Gasteiger partial charge in [0.1, 0.15) is 12.4 Å². The van der Waals surface area contributed by atoms with E-state index in [4.69, 9.17) is 33.7 Å². The molecule has 0 bridgehead atoms. The summed E-state index contributed by atoms with van der Waals surface area (Å²) in [6, 6.07) is 3.73. The summed E-state index contributed by atoms with van der Waals surface area (Å²) in [4.78, 5) is 0. The molecule has 2 nitrogen and oxygen atoms in total. The SMILES string of the molecule is CCC(N)Cc1ccc(OCC(Cl)=CCl)c(C(F)(F)F)c1. The highest BCUT2D eigenvalue weighted by atomic mass is 35.5. The van der Waals surface area contributed by atoms with Gasteiger partial charge in [0.25, 0.3) is 0 Å². The van der Waals surface area contributed by atoms with Gasteiger partial charge in [-0.1, -0.05) is 36.2 Å². The molecule has 0 aliphatic carbocycles. The van der Waals surface area contributed by atoms with Gasteiger partial charge in [-0.3, -0.25) is 0 Å². The number of halogens is 5. The number of nitrogens with two attached hydrogens (primary N) is 1. The first kappa shape index (κ1) is 18.1. The highest BCUT2D eigenvalue weighted by Crippen LogP contribution is 2.37. The summed E-state index contributed by atoms with van der Waals surface area (Å²) in [7, 11) is 0. The molecule has 0 spiro atoms. The van der Waals surface area contributed by atoms with Gasteiger partial charge < -0.3 is 10.5 Å². The lowest BCUT2D eigenvalue weighted by Crippen LogP contribution is -2.21. The topological polar surface area (TPSA) is 35.2 Å². The van der Waals surface area contributed by atoms with Gasteiger partial charge in [0.05, 0.1) is 10.6 Å². The Morgan fingerprint density at radius 3 is 2.62 bits per heavy atom. The minimum absolute atomic E-state index is 0.113. The summed E-state index contributed by atoms with van der Waals surface area (Å²) < 4.78 is 44.3. The monoisotopic (exact) mass is 341 g/mol. The van der Waals surface area contributed by atoms with E-state index in [1.54, 1.807) is 6.07 Å². The molecule has 118 valence electrons. The van der Waals surface area contributed by atoms with Crippen LogP contribution >= 0.6 is 23.2 Å². The van der Waals surface area contributed by atoms with Crippen molar-refractivity contribution >= 4 is 23.2 Å². The van der Waals surface area contributed by atoms with Crippen LogP contribution in [0.3, 0.4) is 0 Å². The average Bonchev–Trinajstić information content (AvgIpc) is 2.44. The smallest absolute Gasteiger partial charge is 0.419 e. The normalized spacial score (nSPS) is 14.1. The van der Waals surface area contributed by atoms with Crippen LogP contribution in [0.5, 0.6) is 5.75 Å². The molecule has 0 saturated heterocycles. The van der Waals surface area contributed by atoms with Crippen LogP contribution in [0, 0.1) is 0 Å². The summed E-state index contributed by atoms with van der Waals surface area (Å²) in [6.45, 7) is 1.66. The molecule has 1 unspecified atom stereocenters. The first-order valence-corrected chi connectivity index (χ1v) is 7.12. The minimum Gasteiger partial charge on any atom is -0.487 e. The molecule has 0 amide bonds. The van der Waals surface area contributed by atoms with E-state index in [1.807, 2.05) is 6.92 Å². The molecular weight excluding hydrogens is 326 g/mol. The molecule has 0 radical (unpaired) electrons. The van der Waals surface area contributed by atoms with Crippen molar-refractivity contribution in [1.82, 2.24) is 0 Å². The molecule has 0 aromatic heterocycles. The number of rotatable bonds is 6. The zero-order valence-corrected chi connectivity index (χ0v) is 12.9. The van der Waals surface area contributed by atoms with Crippen molar-refractivity contribution in [2.75, 3.05) is 6.61 Å². The van der Waals surface area contributed by atoms with E-state index in [0.717, 1.165) is 11.6 Å². The third-order valence-corrected chi connectivity index (χ3v) is 3.45. The van der Waals surface area contributed by atoms with E-state index >= 15 is 0 Å². The fraction of sp³-hybridized carbons (Fsp3) is 0.429. The maximum absolute atomic E-state index is 13.1. The Morgan fingerprint density at radius 1 is 1.43 bits per heavy atom. The molecule has 0 heterocycles. The molecule has 0 aliphatic rings. The van der Waals surface area contributed by atoms with Crippen molar-refractivity contribution in [3.63, 3.8) is 0 Å². The molecule has 1 aromatic carbocycles. The third kappa shape index (κ3) is 5.77. The summed E-state index contributed by atoms with van der Waals surface area (Å²) >= 11 is 10.9. The second kappa shape index (κ2) is 7.92. The van der Waals surface area contributed by atoms with E-state index in [9.17, 15) is 13.2 Å². The second-order valence-corrected chi connectivity index (χ2v) is 5.25. The van der Waals surface area contributed by atoms with Crippen LogP contribution in [0.1, 0.15) is 24.5 Å². The van der Waals surface area contributed by atoms with Gasteiger partial charge >= 0.3 is 6.18 Å². The number of ether oxygens (including phenoxy) is 1. The lowest BCUT2D eigenvalue weighted by atomic mass is 10.0. The zero-order chi connectivity index (χ0) is 16.0. The molecule has 2 N–H and O–H groups in total. The van der Waals surface area contributed by atoms with Crippen LogP contribution in [0.4, 0.5) is 13.2 Å². The first-order chi connectivity index (χ1) is 9.77. The summed E-state index contributed by atoms with van der Waals surface area (Å²) in [5, 5.41) is 0.113. The molecule has 0 aliphatic heterocycles. The highest BCUT2D eigenvalue weighted by Gasteiger charge is 2.34. The largest absolute Gasteiger partial charge is 0.487 e. The van der Waals surface area contributed by atoms with Crippen LogP contribution in [0.2, 0.25) is 0 Å². The van der Waals surface area contributed by atoms with Crippen LogP contribution in [-0.4, -0.2) is 12.6 Å². The molecule has 1 rings (SSSR count). The Kier molecular flexibility index (Phi) is 6.84. The Balaban J connectivity index is 3.03. The Morgan fingerprint density at radius 2 is 2.10 bits per heavy atom. The van der Waals surface area contributed by atoms with E-state index in [-0.39, 0.29) is 23.4 Å². The van der Waals surface area contributed by atoms with Gasteiger partial charge in [0, 0.05) is 11.6 Å². The van der Waals surface area contributed by atoms with Crippen molar-refractivity contribution in [2.45, 2.75) is 32.0 Å². The van der Waals surface area contributed by atoms with Gasteiger partial charge in [0.2, 0.25) is 0 Å². The first-order valence-electron chi connectivity index (χ1n) is 6.31. The van der Waals surface area contributed by atoms with Gasteiger partial charge in [-0.2, -0.15) is 13.2 Å². The molecule has 21 heavy (non-hydrogen) atoms. The van der Waals surface area contributed by atoms with Crippen molar-refractivity contribution in [2.24, 2.45) is 5.73 Å².